The third kappa shape index (κ3) is 5.93. The van der Waals surface area contributed by atoms with Gasteiger partial charge in [-0.3, -0.25) is 9.78 Å². The van der Waals surface area contributed by atoms with E-state index in [2.05, 4.69) is 20.6 Å². The highest BCUT2D eigenvalue weighted by Crippen LogP contribution is 2.24. The lowest BCUT2D eigenvalue weighted by atomic mass is 10.1. The molecule has 1 unspecified atom stereocenters. The van der Waals surface area contributed by atoms with Gasteiger partial charge in [-0.15, -0.1) is 0 Å². The quantitative estimate of drug-likeness (QED) is 0.471. The van der Waals surface area contributed by atoms with Crippen LogP contribution < -0.4 is 10.6 Å². The summed E-state index contributed by atoms with van der Waals surface area (Å²) in [5.41, 5.74) is 3.24. The average Bonchev–Trinajstić information content (AvgIpc) is 2.68. The Labute approximate surface area is 189 Å². The summed E-state index contributed by atoms with van der Waals surface area (Å²) in [7, 11) is 0. The molecule has 0 fully saturated rings. The monoisotopic (exact) mass is 458 g/mol. The number of amides is 1. The van der Waals surface area contributed by atoms with Crippen molar-refractivity contribution in [2.75, 3.05) is 10.6 Å². The number of aromatic nitrogens is 2. The first-order valence-electron chi connectivity index (χ1n) is 9.37. The summed E-state index contributed by atoms with van der Waals surface area (Å²) < 4.78 is 0. The van der Waals surface area contributed by atoms with Crippen LogP contribution in [0, 0.1) is 13.8 Å². The molecule has 2 heterocycles. The van der Waals surface area contributed by atoms with Gasteiger partial charge in [-0.2, -0.15) is 0 Å². The van der Waals surface area contributed by atoms with Crippen LogP contribution in [-0.4, -0.2) is 33.0 Å². The van der Waals surface area contributed by atoms with Crippen molar-refractivity contribution in [1.82, 2.24) is 9.97 Å². The number of rotatable bonds is 7. The molecule has 0 saturated heterocycles. The van der Waals surface area contributed by atoms with E-state index in [9.17, 15) is 14.7 Å². The molecule has 9 heteroatoms. The number of anilines is 2. The van der Waals surface area contributed by atoms with Gasteiger partial charge in [0, 0.05) is 30.2 Å². The fourth-order valence-corrected chi connectivity index (χ4v) is 3.61. The summed E-state index contributed by atoms with van der Waals surface area (Å²) in [5.74, 6) is -0.934. The number of carbonyl (C=O) groups excluding carboxylic acids is 1. The van der Waals surface area contributed by atoms with Crippen molar-refractivity contribution < 1.29 is 14.7 Å². The number of halogens is 2. The first kappa shape index (κ1) is 22.5. The molecule has 1 aromatic carbocycles. The molecule has 7 nitrogen and oxygen atoms in total. The Morgan fingerprint density at radius 2 is 1.71 bits per heavy atom. The van der Waals surface area contributed by atoms with Crippen LogP contribution in [0.5, 0.6) is 0 Å². The number of nitrogens with one attached hydrogen (secondary N) is 2. The molecular weight excluding hydrogens is 439 g/mol. The maximum Gasteiger partial charge on any atom is 0.326 e. The van der Waals surface area contributed by atoms with Gasteiger partial charge in [0.05, 0.1) is 15.6 Å². The molecular formula is C22H20Cl2N4O3. The molecule has 0 aliphatic rings. The molecule has 1 atom stereocenters. The predicted molar refractivity (Wildman–Crippen MR) is 121 cm³/mol. The van der Waals surface area contributed by atoms with Gasteiger partial charge in [0.2, 0.25) is 0 Å². The predicted octanol–water partition coefficient (Wildman–Crippen LogP) is 4.76. The first-order chi connectivity index (χ1) is 14.7. The standard InChI is InChI=1S/C22H20Cl2N4O3/c1-12-7-13(2)26-19(8-12)28-18(22(30)31)9-14-3-5-15(6-4-14)27-21(29)20-16(23)10-25-11-17(20)24/h3-8,10-11,18H,9H2,1-2H3,(H,26,28)(H,27,29)(H,30,31). The van der Waals surface area contributed by atoms with Crippen molar-refractivity contribution >= 4 is 46.6 Å². The van der Waals surface area contributed by atoms with Crippen molar-refractivity contribution in [1.29, 1.82) is 0 Å². The highest BCUT2D eigenvalue weighted by atomic mass is 35.5. The number of aryl methyl sites for hydroxylation is 2. The van der Waals surface area contributed by atoms with Crippen LogP contribution in [0.15, 0.2) is 48.8 Å². The lowest BCUT2D eigenvalue weighted by Crippen LogP contribution is -2.32. The fraction of sp³-hybridized carbons (Fsp3) is 0.182. The van der Waals surface area contributed by atoms with E-state index >= 15 is 0 Å². The molecule has 3 rings (SSSR count). The van der Waals surface area contributed by atoms with E-state index in [1.807, 2.05) is 19.9 Å². The molecule has 0 aliphatic carbocycles. The maximum absolute atomic E-state index is 12.5. The number of hydrogen-bond donors (Lipinski definition) is 3. The topological polar surface area (TPSA) is 104 Å². The summed E-state index contributed by atoms with van der Waals surface area (Å²) in [6.45, 7) is 3.78. The van der Waals surface area contributed by atoms with Crippen LogP contribution in [0.2, 0.25) is 10.0 Å². The molecule has 3 aromatic rings. The van der Waals surface area contributed by atoms with E-state index in [0.717, 1.165) is 16.8 Å². The van der Waals surface area contributed by atoms with E-state index in [4.69, 9.17) is 23.2 Å². The molecule has 0 radical (unpaired) electrons. The summed E-state index contributed by atoms with van der Waals surface area (Å²) >= 11 is 12.0. The van der Waals surface area contributed by atoms with Gasteiger partial charge in [0.1, 0.15) is 11.9 Å². The third-order valence-corrected chi connectivity index (χ3v) is 5.02. The lowest BCUT2D eigenvalue weighted by molar-refractivity contribution is -0.137. The number of aliphatic carboxylic acids is 1. The second kappa shape index (κ2) is 9.76. The van der Waals surface area contributed by atoms with Crippen LogP contribution in [0.3, 0.4) is 0 Å². The van der Waals surface area contributed by atoms with Crippen molar-refractivity contribution in [2.24, 2.45) is 0 Å². The zero-order valence-electron chi connectivity index (χ0n) is 16.8. The largest absolute Gasteiger partial charge is 0.480 e. The smallest absolute Gasteiger partial charge is 0.326 e. The van der Waals surface area contributed by atoms with E-state index in [1.54, 1.807) is 30.3 Å². The summed E-state index contributed by atoms with van der Waals surface area (Å²) in [6, 6.07) is 9.73. The minimum Gasteiger partial charge on any atom is -0.480 e. The third-order valence-electron chi connectivity index (χ3n) is 4.45. The first-order valence-corrected chi connectivity index (χ1v) is 10.1. The zero-order chi connectivity index (χ0) is 22.5. The number of carboxylic acids is 1. The van der Waals surface area contributed by atoms with Crippen molar-refractivity contribution in [3.05, 3.63) is 81.2 Å². The lowest BCUT2D eigenvalue weighted by Gasteiger charge is -2.16. The van der Waals surface area contributed by atoms with Gasteiger partial charge in [-0.25, -0.2) is 9.78 Å². The summed E-state index contributed by atoms with van der Waals surface area (Å²) in [5, 5.41) is 15.6. The van der Waals surface area contributed by atoms with Crippen LogP contribution in [0.25, 0.3) is 0 Å². The van der Waals surface area contributed by atoms with Crippen LogP contribution in [0.4, 0.5) is 11.5 Å². The number of hydrogen-bond acceptors (Lipinski definition) is 5. The zero-order valence-corrected chi connectivity index (χ0v) is 18.3. The van der Waals surface area contributed by atoms with Crippen molar-refractivity contribution in [2.45, 2.75) is 26.3 Å². The van der Waals surface area contributed by atoms with Crippen molar-refractivity contribution in [3.8, 4) is 0 Å². The van der Waals surface area contributed by atoms with Gasteiger partial charge in [-0.05, 0) is 49.2 Å². The Kier molecular flexibility index (Phi) is 7.09. The van der Waals surface area contributed by atoms with Gasteiger partial charge < -0.3 is 15.7 Å². The number of nitrogens with zero attached hydrogens (tertiary/aromatic N) is 2. The summed E-state index contributed by atoms with van der Waals surface area (Å²) in [6.07, 6.45) is 2.92. The van der Waals surface area contributed by atoms with E-state index in [0.29, 0.717) is 11.5 Å². The Hall–Kier alpha value is -3.16. The number of carboxylic acid groups (broad SMARTS) is 1. The Morgan fingerprint density at radius 1 is 1.06 bits per heavy atom. The van der Waals surface area contributed by atoms with Gasteiger partial charge in [0.25, 0.3) is 5.91 Å². The highest BCUT2D eigenvalue weighted by Gasteiger charge is 2.19. The van der Waals surface area contributed by atoms with E-state index in [-0.39, 0.29) is 22.0 Å². The second-order valence-corrected chi connectivity index (χ2v) is 7.85. The minimum absolute atomic E-state index is 0.137. The maximum atomic E-state index is 12.5. The van der Waals surface area contributed by atoms with Gasteiger partial charge in [0.15, 0.2) is 0 Å². The minimum atomic E-state index is -0.986. The van der Waals surface area contributed by atoms with Crippen LogP contribution >= 0.6 is 23.2 Å². The average molecular weight is 459 g/mol. The number of carbonyl (C=O) groups is 2. The molecule has 0 saturated carbocycles. The Balaban J connectivity index is 1.69. The van der Waals surface area contributed by atoms with Gasteiger partial charge >= 0.3 is 5.97 Å². The molecule has 0 spiro atoms. The fourth-order valence-electron chi connectivity index (χ4n) is 3.08. The Morgan fingerprint density at radius 3 is 2.29 bits per heavy atom. The molecule has 160 valence electrons. The van der Waals surface area contributed by atoms with E-state index in [1.165, 1.54) is 12.4 Å². The normalized spacial score (nSPS) is 11.6. The molecule has 31 heavy (non-hydrogen) atoms. The van der Waals surface area contributed by atoms with Gasteiger partial charge in [-0.1, -0.05) is 35.3 Å². The molecule has 1 amide bonds. The summed E-state index contributed by atoms with van der Waals surface area (Å²) in [4.78, 5) is 32.4. The van der Waals surface area contributed by atoms with E-state index < -0.39 is 17.9 Å². The number of pyridine rings is 2. The van der Waals surface area contributed by atoms with Crippen LogP contribution in [0.1, 0.15) is 27.2 Å². The molecule has 0 aliphatic heterocycles. The highest BCUT2D eigenvalue weighted by molar-refractivity contribution is 6.40. The van der Waals surface area contributed by atoms with Crippen LogP contribution in [-0.2, 0) is 11.2 Å². The second-order valence-electron chi connectivity index (χ2n) is 7.04. The molecule has 3 N–H and O–H groups in total. The Bertz CT molecular complexity index is 1080. The SMILES string of the molecule is Cc1cc(C)nc(NC(Cc2ccc(NC(=O)c3c(Cl)cncc3Cl)cc2)C(=O)O)c1. The van der Waals surface area contributed by atoms with Crippen molar-refractivity contribution in [3.63, 3.8) is 0 Å². The molecule has 2 aromatic heterocycles. The molecule has 0 bridgehead atoms. The number of benzene rings is 1.